The van der Waals surface area contributed by atoms with Crippen LogP contribution < -0.4 is 0 Å². The third kappa shape index (κ3) is 2.32. The van der Waals surface area contributed by atoms with E-state index in [2.05, 4.69) is 106 Å². The van der Waals surface area contributed by atoms with Crippen molar-refractivity contribution in [1.82, 2.24) is 9.13 Å². The van der Waals surface area contributed by atoms with Crippen LogP contribution in [0.25, 0.3) is 55.0 Å². The molecule has 0 unspecified atom stereocenters. The molecule has 9 rings (SSSR count). The fourth-order valence-electron chi connectivity index (χ4n) is 6.71. The van der Waals surface area contributed by atoms with Gasteiger partial charge in [0.25, 0.3) is 0 Å². The Labute approximate surface area is 209 Å². The zero-order valence-corrected chi connectivity index (χ0v) is 20.0. The Morgan fingerprint density at radius 3 is 1.17 bits per heavy atom. The molecule has 2 aliphatic carbocycles. The molecule has 2 aliphatic rings. The van der Waals surface area contributed by atoms with E-state index in [-0.39, 0.29) is 0 Å². The molecule has 0 saturated heterocycles. The molecule has 170 valence electrons. The first kappa shape index (κ1) is 19.0. The molecule has 0 amide bonds. The van der Waals surface area contributed by atoms with Crippen molar-refractivity contribution in [3.63, 3.8) is 0 Å². The highest BCUT2D eigenvalue weighted by Gasteiger charge is 2.25. The van der Waals surface area contributed by atoms with Gasteiger partial charge in [0.15, 0.2) is 0 Å². The first-order valence-corrected chi connectivity index (χ1v) is 13.0. The molecule has 0 atom stereocenters. The van der Waals surface area contributed by atoms with Gasteiger partial charge >= 0.3 is 0 Å². The van der Waals surface area contributed by atoms with Crippen LogP contribution in [0.1, 0.15) is 22.3 Å². The maximum absolute atomic E-state index is 2.49. The Morgan fingerprint density at radius 1 is 0.389 bits per heavy atom. The molecule has 2 heterocycles. The minimum atomic E-state index is 1.19. The monoisotopic (exact) mass is 460 g/mol. The lowest BCUT2D eigenvalue weighted by molar-refractivity contribution is 0.843. The van der Waals surface area contributed by atoms with Crippen LogP contribution >= 0.6 is 0 Å². The van der Waals surface area contributed by atoms with Crippen molar-refractivity contribution < 1.29 is 0 Å². The van der Waals surface area contributed by atoms with Crippen LogP contribution in [0.5, 0.6) is 0 Å². The molecule has 2 nitrogen and oxygen atoms in total. The topological polar surface area (TPSA) is 9.86 Å². The second kappa shape index (κ2) is 6.67. The molecule has 7 aromatic rings. The van der Waals surface area contributed by atoms with Gasteiger partial charge in [0.05, 0.1) is 22.1 Å². The van der Waals surface area contributed by atoms with Crippen LogP contribution in [0.15, 0.2) is 97.1 Å². The predicted molar refractivity (Wildman–Crippen MR) is 150 cm³/mol. The van der Waals surface area contributed by atoms with E-state index in [4.69, 9.17) is 0 Å². The Morgan fingerprint density at radius 2 is 0.778 bits per heavy atom. The number of aromatic nitrogens is 2. The summed E-state index contributed by atoms with van der Waals surface area (Å²) < 4.78 is 4.96. The number of fused-ring (bicyclic) bond motifs is 9. The van der Waals surface area contributed by atoms with Crippen LogP contribution in [0, 0.1) is 0 Å². The number of hydrogen-bond acceptors (Lipinski definition) is 0. The van der Waals surface area contributed by atoms with Crippen molar-refractivity contribution in [2.45, 2.75) is 25.7 Å². The van der Waals surface area contributed by atoms with E-state index in [0.29, 0.717) is 0 Å². The van der Waals surface area contributed by atoms with Crippen molar-refractivity contribution in [3.05, 3.63) is 119 Å². The summed E-state index contributed by atoms with van der Waals surface area (Å²) in [6.07, 6.45) is 4.77. The number of nitrogens with zero attached hydrogens (tertiary/aromatic N) is 2. The van der Waals surface area contributed by atoms with Crippen molar-refractivity contribution in [2.75, 3.05) is 0 Å². The fraction of sp³-hybridized carbons (Fsp3) is 0.118. The summed E-state index contributed by atoms with van der Waals surface area (Å²) in [6, 6.07) is 36.3. The second-order valence-electron chi connectivity index (χ2n) is 10.5. The number of aryl methyl sites for hydroxylation is 4. The van der Waals surface area contributed by atoms with Crippen molar-refractivity contribution >= 4 is 43.6 Å². The lowest BCUT2D eigenvalue weighted by Crippen LogP contribution is -2.08. The third-order valence-corrected chi connectivity index (χ3v) is 8.66. The minimum Gasteiger partial charge on any atom is -0.309 e. The van der Waals surface area contributed by atoms with E-state index in [9.17, 15) is 0 Å². The molecular formula is C34H24N2. The molecule has 0 bridgehead atoms. The largest absolute Gasteiger partial charge is 0.309 e. The van der Waals surface area contributed by atoms with Gasteiger partial charge < -0.3 is 9.13 Å². The number of hydrogen-bond donors (Lipinski definition) is 0. The molecule has 0 N–H and O–H groups in total. The summed E-state index contributed by atoms with van der Waals surface area (Å²) in [7, 11) is 0. The molecule has 0 saturated carbocycles. The van der Waals surface area contributed by atoms with Crippen molar-refractivity contribution in [1.29, 1.82) is 0 Å². The number of benzene rings is 5. The Bertz CT molecular complexity index is 1870. The molecule has 0 spiro atoms. The Balaban J connectivity index is 1.54. The normalized spacial score (nSPS) is 14.2. The zero-order valence-electron chi connectivity index (χ0n) is 20.0. The second-order valence-corrected chi connectivity index (χ2v) is 10.5. The first-order chi connectivity index (χ1) is 17.8. The van der Waals surface area contributed by atoms with Crippen LogP contribution in [-0.4, -0.2) is 9.13 Å². The minimum absolute atomic E-state index is 1.19. The van der Waals surface area contributed by atoms with E-state index in [1.54, 1.807) is 0 Å². The molecule has 0 aliphatic heterocycles. The van der Waals surface area contributed by atoms with Crippen LogP contribution in [0.3, 0.4) is 0 Å². The summed E-state index contributed by atoms with van der Waals surface area (Å²) in [5, 5.41) is 5.54. The highest BCUT2D eigenvalue weighted by molar-refractivity contribution is 6.29. The van der Waals surface area contributed by atoms with Crippen LogP contribution in [0.2, 0.25) is 0 Å². The molecule has 0 fully saturated rings. The van der Waals surface area contributed by atoms with E-state index in [0.717, 1.165) is 0 Å². The summed E-state index contributed by atoms with van der Waals surface area (Å²) in [6.45, 7) is 0. The molecule has 36 heavy (non-hydrogen) atoms. The quantitative estimate of drug-likeness (QED) is 0.247. The first-order valence-electron chi connectivity index (χ1n) is 13.0. The molecular weight excluding hydrogens is 436 g/mol. The summed E-state index contributed by atoms with van der Waals surface area (Å²) in [4.78, 5) is 0. The number of rotatable bonds is 2. The summed E-state index contributed by atoms with van der Waals surface area (Å²) in [5.41, 5.74) is 13.7. The maximum atomic E-state index is 2.49. The molecule has 5 aromatic carbocycles. The van der Waals surface area contributed by atoms with Gasteiger partial charge in [-0.3, -0.25) is 0 Å². The average molecular weight is 461 g/mol. The smallest absolute Gasteiger partial charge is 0.0548 e. The number of para-hydroxylation sites is 2. The average Bonchev–Trinajstić information content (AvgIpc) is 3.38. The van der Waals surface area contributed by atoms with E-state index >= 15 is 0 Å². The van der Waals surface area contributed by atoms with Crippen molar-refractivity contribution in [3.8, 4) is 11.4 Å². The predicted octanol–water partition coefficient (Wildman–Crippen LogP) is 8.08. The highest BCUT2D eigenvalue weighted by Crippen LogP contribution is 2.45. The SMILES string of the molecule is c1ccc(-n2c3cc4c(cc3c3c5c6cc7c(cc6n(-c6ccccc6)c5ccc32)CC7)CC4)cc1. The molecule has 2 aromatic heterocycles. The van der Waals surface area contributed by atoms with Gasteiger partial charge in [-0.1, -0.05) is 36.4 Å². The van der Waals surface area contributed by atoms with Gasteiger partial charge in [-0.2, -0.15) is 0 Å². The van der Waals surface area contributed by atoms with Crippen molar-refractivity contribution in [2.24, 2.45) is 0 Å². The van der Waals surface area contributed by atoms with Crippen LogP contribution in [0.4, 0.5) is 0 Å². The fourth-order valence-corrected chi connectivity index (χ4v) is 6.71. The Kier molecular flexibility index (Phi) is 3.51. The lowest BCUT2D eigenvalue weighted by Gasteiger charge is -2.19. The van der Waals surface area contributed by atoms with E-state index in [1.807, 2.05) is 0 Å². The van der Waals surface area contributed by atoms with E-state index in [1.165, 1.54) is 103 Å². The van der Waals surface area contributed by atoms with Crippen LogP contribution in [-0.2, 0) is 25.7 Å². The van der Waals surface area contributed by atoms with Gasteiger partial charge in [-0.15, -0.1) is 0 Å². The standard InChI is InChI=1S/C34H24N2/c1-3-7-25(8-4-1)35-29-15-16-30-34(33(29)27-17-21-11-13-23(21)19-31(27)35)28-18-22-12-14-24(22)20-32(28)36(30)26-9-5-2-6-10-26/h1-10,15-20H,11-14H2. The molecule has 0 radical (unpaired) electrons. The summed E-state index contributed by atoms with van der Waals surface area (Å²) in [5.74, 6) is 0. The lowest BCUT2D eigenvalue weighted by atomic mass is 9.86. The maximum Gasteiger partial charge on any atom is 0.0548 e. The zero-order chi connectivity index (χ0) is 23.4. The van der Waals surface area contributed by atoms with Gasteiger partial charge in [0.2, 0.25) is 0 Å². The van der Waals surface area contributed by atoms with Gasteiger partial charge in [-0.25, -0.2) is 0 Å². The highest BCUT2D eigenvalue weighted by atomic mass is 15.0. The van der Waals surface area contributed by atoms with Gasteiger partial charge in [0.1, 0.15) is 0 Å². The van der Waals surface area contributed by atoms with Gasteiger partial charge in [-0.05, 0) is 109 Å². The van der Waals surface area contributed by atoms with E-state index < -0.39 is 0 Å². The Hall–Kier alpha value is -4.30. The van der Waals surface area contributed by atoms with Gasteiger partial charge in [0, 0.05) is 32.9 Å². The third-order valence-electron chi connectivity index (χ3n) is 8.66. The summed E-state index contributed by atoms with van der Waals surface area (Å²) >= 11 is 0. The molecule has 2 heteroatoms.